The number of nitrogen functional groups attached to an aromatic ring is 1. The van der Waals surface area contributed by atoms with Gasteiger partial charge in [-0.2, -0.15) is 4.98 Å². The summed E-state index contributed by atoms with van der Waals surface area (Å²) in [7, 11) is 0. The Morgan fingerprint density at radius 3 is 2.79 bits per heavy atom. The first-order chi connectivity index (χ1) is 8.97. The summed E-state index contributed by atoms with van der Waals surface area (Å²) in [5.74, 6) is 1.16. The molecule has 1 heterocycles. The van der Waals surface area contributed by atoms with E-state index in [1.54, 1.807) is 0 Å². The molecule has 7 heteroatoms. The number of hydrogen-bond donors (Lipinski definition) is 1. The Labute approximate surface area is 111 Å². The summed E-state index contributed by atoms with van der Waals surface area (Å²) in [4.78, 5) is 17.8. The number of nitrogens with zero attached hydrogens (tertiary/aromatic N) is 3. The smallest absolute Gasteiger partial charge is 0.349 e. The zero-order chi connectivity index (χ0) is 14.0. The summed E-state index contributed by atoms with van der Waals surface area (Å²) >= 11 is 0. The second-order valence-corrected chi connectivity index (χ2v) is 5.18. The molecule has 0 amide bonds. The van der Waals surface area contributed by atoms with Crippen LogP contribution in [-0.2, 0) is 0 Å². The lowest BCUT2D eigenvalue weighted by molar-refractivity contribution is -0.386. The van der Waals surface area contributed by atoms with Gasteiger partial charge in [0.15, 0.2) is 0 Å². The monoisotopic (exact) mass is 266 g/mol. The van der Waals surface area contributed by atoms with E-state index in [0.717, 1.165) is 25.5 Å². The van der Waals surface area contributed by atoms with Crippen molar-refractivity contribution >= 4 is 11.6 Å². The minimum Gasteiger partial charge on any atom is -0.469 e. The molecule has 1 aliphatic carbocycles. The molecule has 7 nitrogen and oxygen atoms in total. The maximum atomic E-state index is 10.9. The SMILES string of the molecule is CC1CCC(Oc2nc(N)ncc2[N+](=O)[O-])CC1C. The van der Waals surface area contributed by atoms with Gasteiger partial charge in [-0.25, -0.2) is 4.98 Å². The van der Waals surface area contributed by atoms with Crippen LogP contribution in [0.5, 0.6) is 5.88 Å². The van der Waals surface area contributed by atoms with Gasteiger partial charge in [0, 0.05) is 0 Å². The zero-order valence-corrected chi connectivity index (χ0v) is 11.1. The predicted molar refractivity (Wildman–Crippen MR) is 69.7 cm³/mol. The maximum Gasteiger partial charge on any atom is 0.349 e. The van der Waals surface area contributed by atoms with E-state index in [0.29, 0.717) is 11.8 Å². The van der Waals surface area contributed by atoms with E-state index < -0.39 is 4.92 Å². The third-order valence-electron chi connectivity index (χ3n) is 3.78. The highest BCUT2D eigenvalue weighted by atomic mass is 16.6. The van der Waals surface area contributed by atoms with Crippen molar-refractivity contribution in [1.82, 2.24) is 9.97 Å². The Morgan fingerprint density at radius 2 is 2.16 bits per heavy atom. The lowest BCUT2D eigenvalue weighted by Crippen LogP contribution is -2.29. The Morgan fingerprint density at radius 1 is 1.42 bits per heavy atom. The van der Waals surface area contributed by atoms with E-state index >= 15 is 0 Å². The van der Waals surface area contributed by atoms with Crippen molar-refractivity contribution in [2.45, 2.75) is 39.2 Å². The fraction of sp³-hybridized carbons (Fsp3) is 0.667. The normalized spacial score (nSPS) is 26.9. The average Bonchev–Trinajstić information content (AvgIpc) is 2.33. The van der Waals surface area contributed by atoms with Crippen LogP contribution in [0.3, 0.4) is 0 Å². The van der Waals surface area contributed by atoms with Gasteiger partial charge in [-0.3, -0.25) is 10.1 Å². The second kappa shape index (κ2) is 5.38. The molecule has 0 spiro atoms. The molecule has 3 unspecified atom stereocenters. The van der Waals surface area contributed by atoms with Crippen molar-refractivity contribution in [1.29, 1.82) is 0 Å². The molecule has 1 saturated carbocycles. The van der Waals surface area contributed by atoms with E-state index in [4.69, 9.17) is 10.5 Å². The molecule has 0 aliphatic heterocycles. The van der Waals surface area contributed by atoms with E-state index in [9.17, 15) is 10.1 Å². The van der Waals surface area contributed by atoms with Crippen LogP contribution in [0.25, 0.3) is 0 Å². The van der Waals surface area contributed by atoms with Crippen LogP contribution in [0.2, 0.25) is 0 Å². The molecule has 0 aromatic carbocycles. The molecule has 3 atom stereocenters. The molecule has 104 valence electrons. The first-order valence-corrected chi connectivity index (χ1v) is 6.41. The van der Waals surface area contributed by atoms with Gasteiger partial charge < -0.3 is 10.5 Å². The van der Waals surface area contributed by atoms with Gasteiger partial charge in [-0.1, -0.05) is 13.8 Å². The molecule has 1 aromatic heterocycles. The first-order valence-electron chi connectivity index (χ1n) is 6.41. The number of rotatable bonds is 3. The highest BCUT2D eigenvalue weighted by Gasteiger charge is 2.28. The fourth-order valence-electron chi connectivity index (χ4n) is 2.35. The lowest BCUT2D eigenvalue weighted by atomic mass is 9.80. The van der Waals surface area contributed by atoms with Crippen molar-refractivity contribution < 1.29 is 9.66 Å². The van der Waals surface area contributed by atoms with Gasteiger partial charge in [0.1, 0.15) is 12.3 Å². The molecule has 0 bridgehead atoms. The second-order valence-electron chi connectivity index (χ2n) is 5.18. The lowest BCUT2D eigenvalue weighted by Gasteiger charge is -2.31. The quantitative estimate of drug-likeness (QED) is 0.664. The Balaban J connectivity index is 2.14. The van der Waals surface area contributed by atoms with Gasteiger partial charge in [0.05, 0.1) is 4.92 Å². The van der Waals surface area contributed by atoms with Crippen LogP contribution in [0.4, 0.5) is 11.6 Å². The average molecular weight is 266 g/mol. The summed E-state index contributed by atoms with van der Waals surface area (Å²) in [5.41, 5.74) is 5.22. The highest BCUT2D eigenvalue weighted by molar-refractivity contribution is 5.41. The van der Waals surface area contributed by atoms with Crippen molar-refractivity contribution in [3.63, 3.8) is 0 Å². The van der Waals surface area contributed by atoms with Crippen LogP contribution in [0.15, 0.2) is 6.20 Å². The molecule has 1 fully saturated rings. The number of nitro groups is 1. The van der Waals surface area contributed by atoms with Gasteiger partial charge in [-0.05, 0) is 31.1 Å². The molecule has 0 saturated heterocycles. The molecule has 2 rings (SSSR count). The molecule has 1 aliphatic rings. The molecule has 2 N–H and O–H groups in total. The van der Waals surface area contributed by atoms with Crippen molar-refractivity contribution in [3.8, 4) is 5.88 Å². The minimum absolute atomic E-state index is 0.0159. The van der Waals surface area contributed by atoms with Crippen LogP contribution in [0.1, 0.15) is 33.1 Å². The summed E-state index contributed by atoms with van der Waals surface area (Å²) in [5, 5.41) is 10.9. The number of ether oxygens (including phenoxy) is 1. The third-order valence-corrected chi connectivity index (χ3v) is 3.78. The zero-order valence-electron chi connectivity index (χ0n) is 11.1. The topological polar surface area (TPSA) is 104 Å². The summed E-state index contributed by atoms with van der Waals surface area (Å²) in [6.07, 6.45) is 3.86. The van der Waals surface area contributed by atoms with E-state index in [1.807, 2.05) is 0 Å². The van der Waals surface area contributed by atoms with Crippen LogP contribution >= 0.6 is 0 Å². The number of hydrogen-bond acceptors (Lipinski definition) is 6. The van der Waals surface area contributed by atoms with E-state index in [-0.39, 0.29) is 23.6 Å². The Bertz CT molecular complexity index is 480. The summed E-state index contributed by atoms with van der Waals surface area (Å²) in [6, 6.07) is 0. The summed E-state index contributed by atoms with van der Waals surface area (Å²) in [6.45, 7) is 4.38. The third kappa shape index (κ3) is 3.10. The number of nitrogens with two attached hydrogens (primary N) is 1. The largest absolute Gasteiger partial charge is 0.469 e. The van der Waals surface area contributed by atoms with Crippen molar-refractivity contribution in [3.05, 3.63) is 16.3 Å². The predicted octanol–water partition coefficient (Wildman–Crippen LogP) is 2.17. The number of anilines is 1. The van der Waals surface area contributed by atoms with Crippen LogP contribution in [0, 0.1) is 22.0 Å². The summed E-state index contributed by atoms with van der Waals surface area (Å²) < 4.78 is 5.67. The number of aromatic nitrogens is 2. The van der Waals surface area contributed by atoms with Crippen molar-refractivity contribution in [2.24, 2.45) is 11.8 Å². The van der Waals surface area contributed by atoms with Crippen LogP contribution in [-0.4, -0.2) is 21.0 Å². The molecule has 19 heavy (non-hydrogen) atoms. The van der Waals surface area contributed by atoms with E-state index in [2.05, 4.69) is 23.8 Å². The molecular weight excluding hydrogens is 248 g/mol. The van der Waals surface area contributed by atoms with Crippen molar-refractivity contribution in [2.75, 3.05) is 5.73 Å². The molecule has 0 radical (unpaired) electrons. The minimum atomic E-state index is -0.552. The standard InChI is InChI=1S/C12H18N4O3/c1-7-3-4-9(5-8(7)2)19-11-10(16(17)18)6-14-12(13)15-11/h6-9H,3-5H2,1-2H3,(H2,13,14,15). The molecular formula is C12H18N4O3. The maximum absolute atomic E-state index is 10.9. The van der Waals surface area contributed by atoms with Gasteiger partial charge in [0.2, 0.25) is 5.95 Å². The highest BCUT2D eigenvalue weighted by Crippen LogP contribution is 2.33. The van der Waals surface area contributed by atoms with Crippen LogP contribution < -0.4 is 10.5 Å². The first kappa shape index (κ1) is 13.5. The van der Waals surface area contributed by atoms with Gasteiger partial charge >= 0.3 is 5.69 Å². The van der Waals surface area contributed by atoms with E-state index in [1.165, 1.54) is 0 Å². The Hall–Kier alpha value is -1.92. The molecule has 1 aromatic rings. The van der Waals surface area contributed by atoms with Gasteiger partial charge in [0.25, 0.3) is 5.88 Å². The Kier molecular flexibility index (Phi) is 3.82. The van der Waals surface area contributed by atoms with Gasteiger partial charge in [-0.15, -0.1) is 0 Å². The fourth-order valence-corrected chi connectivity index (χ4v) is 2.35.